The van der Waals surface area contributed by atoms with Gasteiger partial charge in [-0.2, -0.15) is 0 Å². The summed E-state index contributed by atoms with van der Waals surface area (Å²) in [5.74, 6) is -0.591. The second kappa shape index (κ2) is 8.34. The monoisotopic (exact) mass is 350 g/mol. The van der Waals surface area contributed by atoms with Crippen LogP contribution in [0.5, 0.6) is 0 Å². The van der Waals surface area contributed by atoms with E-state index in [4.69, 9.17) is 4.74 Å². The fourth-order valence-electron chi connectivity index (χ4n) is 2.74. The molecule has 2 N–H and O–H groups in total. The molecule has 0 unspecified atom stereocenters. The summed E-state index contributed by atoms with van der Waals surface area (Å²) in [4.78, 5) is 27.8. The van der Waals surface area contributed by atoms with Gasteiger partial charge in [-0.05, 0) is 41.6 Å². The van der Waals surface area contributed by atoms with Crippen LogP contribution < -0.4 is 5.32 Å². The first-order valence-corrected chi connectivity index (χ1v) is 8.79. The van der Waals surface area contributed by atoms with Gasteiger partial charge in [0.2, 0.25) is 5.91 Å². The maximum absolute atomic E-state index is 12.4. The number of hydrogen-bond acceptors (Lipinski definition) is 3. The van der Waals surface area contributed by atoms with E-state index >= 15 is 0 Å². The van der Waals surface area contributed by atoms with Gasteiger partial charge in [0, 0.05) is 11.7 Å². The highest BCUT2D eigenvalue weighted by Gasteiger charge is 2.14. The number of benzene rings is 2. The smallest absolute Gasteiger partial charge is 0.340 e. The van der Waals surface area contributed by atoms with Crippen molar-refractivity contribution in [1.29, 1.82) is 0 Å². The van der Waals surface area contributed by atoms with Gasteiger partial charge < -0.3 is 15.0 Å². The Morgan fingerprint density at radius 3 is 2.81 bits per heavy atom. The third kappa shape index (κ3) is 4.30. The third-order valence-electron chi connectivity index (χ3n) is 4.14. The van der Waals surface area contributed by atoms with Crippen LogP contribution in [0.3, 0.4) is 0 Å². The lowest BCUT2D eigenvalue weighted by molar-refractivity contribution is -0.115. The molecule has 1 heterocycles. The predicted molar refractivity (Wildman–Crippen MR) is 102 cm³/mol. The molecule has 0 radical (unpaired) electrons. The Morgan fingerprint density at radius 2 is 1.96 bits per heavy atom. The summed E-state index contributed by atoms with van der Waals surface area (Å²) >= 11 is 0. The molecule has 0 saturated heterocycles. The molecule has 0 atom stereocenters. The lowest BCUT2D eigenvalue weighted by atomic mass is 10.1. The summed E-state index contributed by atoms with van der Waals surface area (Å²) in [5, 5.41) is 3.93. The maximum Gasteiger partial charge on any atom is 0.340 e. The topological polar surface area (TPSA) is 71.2 Å². The van der Waals surface area contributed by atoms with E-state index in [-0.39, 0.29) is 12.3 Å². The molecule has 3 rings (SSSR count). The zero-order chi connectivity index (χ0) is 18.4. The van der Waals surface area contributed by atoms with Gasteiger partial charge in [-0.25, -0.2) is 4.79 Å². The molecule has 0 aliphatic carbocycles. The molecule has 26 heavy (non-hydrogen) atoms. The molecule has 1 amide bonds. The van der Waals surface area contributed by atoms with Gasteiger partial charge in [-0.3, -0.25) is 4.79 Å². The van der Waals surface area contributed by atoms with E-state index in [1.54, 1.807) is 24.3 Å². The summed E-state index contributed by atoms with van der Waals surface area (Å²) in [5.41, 5.74) is 2.74. The molecule has 134 valence electrons. The van der Waals surface area contributed by atoms with Crippen molar-refractivity contribution in [2.75, 3.05) is 11.9 Å². The number of nitrogens with one attached hydrogen (secondary N) is 2. The van der Waals surface area contributed by atoms with Crippen LogP contribution in [0.25, 0.3) is 10.9 Å². The van der Waals surface area contributed by atoms with Gasteiger partial charge in [0.1, 0.15) is 0 Å². The summed E-state index contributed by atoms with van der Waals surface area (Å²) in [6.45, 7) is 2.42. The van der Waals surface area contributed by atoms with Gasteiger partial charge in [0.15, 0.2) is 0 Å². The second-order valence-electron chi connectivity index (χ2n) is 6.16. The Kier molecular flexibility index (Phi) is 5.69. The highest BCUT2D eigenvalue weighted by molar-refractivity contribution is 6.01. The van der Waals surface area contributed by atoms with Crippen LogP contribution in [0.4, 0.5) is 5.69 Å². The van der Waals surface area contributed by atoms with Crippen LogP contribution in [0.1, 0.15) is 35.7 Å². The fourth-order valence-corrected chi connectivity index (χ4v) is 2.74. The van der Waals surface area contributed by atoms with E-state index < -0.39 is 5.97 Å². The summed E-state index contributed by atoms with van der Waals surface area (Å²) < 4.78 is 5.25. The average molecular weight is 350 g/mol. The van der Waals surface area contributed by atoms with E-state index in [1.165, 1.54) is 0 Å². The van der Waals surface area contributed by atoms with E-state index in [9.17, 15) is 9.59 Å². The molecule has 0 saturated carbocycles. The number of anilines is 1. The van der Waals surface area contributed by atoms with Crippen LogP contribution in [-0.2, 0) is 16.0 Å². The number of H-pyrrole nitrogens is 1. The zero-order valence-corrected chi connectivity index (χ0v) is 14.7. The van der Waals surface area contributed by atoms with Crippen molar-refractivity contribution in [2.24, 2.45) is 0 Å². The molecule has 0 aliphatic rings. The standard InChI is InChI=1S/C21H22N2O3/c1-2-3-12-26-21(25)17-6-4-5-7-18(17)23-20(24)14-15-8-9-16-10-11-22-19(16)13-15/h4-11,13,22H,2-3,12,14H2,1H3,(H,23,24). The number of carbonyl (C=O) groups excluding carboxylic acids is 2. The highest BCUT2D eigenvalue weighted by Crippen LogP contribution is 2.18. The van der Waals surface area contributed by atoms with Crippen molar-refractivity contribution in [3.05, 3.63) is 65.9 Å². The average Bonchev–Trinajstić information content (AvgIpc) is 3.10. The molecule has 0 bridgehead atoms. The molecule has 5 heteroatoms. The van der Waals surface area contributed by atoms with Crippen LogP contribution in [0.2, 0.25) is 0 Å². The maximum atomic E-state index is 12.4. The Balaban J connectivity index is 1.67. The SMILES string of the molecule is CCCCOC(=O)c1ccccc1NC(=O)Cc1ccc2cc[nH]c2c1. The van der Waals surface area contributed by atoms with Crippen LogP contribution in [0.15, 0.2) is 54.7 Å². The fraction of sp³-hybridized carbons (Fsp3) is 0.238. The lowest BCUT2D eigenvalue weighted by Crippen LogP contribution is -2.17. The van der Waals surface area contributed by atoms with E-state index in [2.05, 4.69) is 10.3 Å². The van der Waals surface area contributed by atoms with E-state index in [0.717, 1.165) is 29.3 Å². The predicted octanol–water partition coefficient (Wildman–Crippen LogP) is 4.31. The Morgan fingerprint density at radius 1 is 1.12 bits per heavy atom. The summed E-state index contributed by atoms with van der Waals surface area (Å²) in [7, 11) is 0. The largest absolute Gasteiger partial charge is 0.462 e. The van der Waals surface area contributed by atoms with Gasteiger partial charge in [0.05, 0.1) is 24.3 Å². The quantitative estimate of drug-likeness (QED) is 0.493. The number of rotatable bonds is 7. The summed E-state index contributed by atoms with van der Waals surface area (Å²) in [6, 6.07) is 14.8. The number of esters is 1. The Labute approximate surface area is 152 Å². The number of aromatic nitrogens is 1. The number of ether oxygens (including phenoxy) is 1. The number of hydrogen-bond donors (Lipinski definition) is 2. The van der Waals surface area contributed by atoms with E-state index in [1.807, 2.05) is 37.4 Å². The van der Waals surface area contributed by atoms with Crippen molar-refractivity contribution < 1.29 is 14.3 Å². The molecular weight excluding hydrogens is 328 g/mol. The van der Waals surface area contributed by atoms with Crippen molar-refractivity contribution in [3.63, 3.8) is 0 Å². The van der Waals surface area contributed by atoms with Crippen molar-refractivity contribution >= 4 is 28.5 Å². The summed E-state index contributed by atoms with van der Waals surface area (Å²) in [6.07, 6.45) is 3.88. The number of para-hydroxylation sites is 1. The van der Waals surface area contributed by atoms with Crippen LogP contribution in [-0.4, -0.2) is 23.5 Å². The minimum absolute atomic E-state index is 0.176. The molecule has 2 aromatic carbocycles. The lowest BCUT2D eigenvalue weighted by Gasteiger charge is -2.11. The molecule has 0 fully saturated rings. The number of unbranched alkanes of at least 4 members (excludes halogenated alkanes) is 1. The van der Waals surface area contributed by atoms with Crippen LogP contribution >= 0.6 is 0 Å². The molecule has 5 nitrogen and oxygen atoms in total. The second-order valence-corrected chi connectivity index (χ2v) is 6.16. The number of carbonyl (C=O) groups is 2. The zero-order valence-electron chi connectivity index (χ0n) is 14.7. The Bertz CT molecular complexity index is 914. The molecule has 1 aromatic heterocycles. The normalized spacial score (nSPS) is 10.7. The van der Waals surface area contributed by atoms with Crippen LogP contribution in [0, 0.1) is 0 Å². The number of aromatic amines is 1. The number of fused-ring (bicyclic) bond motifs is 1. The first-order valence-electron chi connectivity index (χ1n) is 8.79. The number of amides is 1. The molecule has 0 aliphatic heterocycles. The first kappa shape index (κ1) is 17.7. The molecular formula is C21H22N2O3. The highest BCUT2D eigenvalue weighted by atomic mass is 16.5. The van der Waals surface area contributed by atoms with E-state index in [0.29, 0.717) is 17.9 Å². The van der Waals surface area contributed by atoms with Gasteiger partial charge in [0.25, 0.3) is 0 Å². The minimum Gasteiger partial charge on any atom is -0.462 e. The van der Waals surface area contributed by atoms with Crippen molar-refractivity contribution in [3.8, 4) is 0 Å². The van der Waals surface area contributed by atoms with Crippen molar-refractivity contribution in [1.82, 2.24) is 4.98 Å². The third-order valence-corrected chi connectivity index (χ3v) is 4.14. The minimum atomic E-state index is -0.415. The van der Waals surface area contributed by atoms with Gasteiger partial charge in [-0.1, -0.05) is 37.6 Å². The van der Waals surface area contributed by atoms with Crippen molar-refractivity contribution in [2.45, 2.75) is 26.2 Å². The Hall–Kier alpha value is -3.08. The molecule has 3 aromatic rings. The van der Waals surface area contributed by atoms with Gasteiger partial charge >= 0.3 is 5.97 Å². The first-order chi connectivity index (χ1) is 12.7. The molecule has 0 spiro atoms. The van der Waals surface area contributed by atoms with Gasteiger partial charge in [-0.15, -0.1) is 0 Å².